The van der Waals surface area contributed by atoms with Crippen molar-refractivity contribution in [1.29, 1.82) is 0 Å². The molecule has 0 aliphatic heterocycles. The van der Waals surface area contributed by atoms with Crippen molar-refractivity contribution < 1.29 is 9.47 Å². The van der Waals surface area contributed by atoms with Crippen LogP contribution in [-0.4, -0.2) is 24.0 Å². The van der Waals surface area contributed by atoms with Gasteiger partial charge in [0.25, 0.3) is 0 Å². The van der Waals surface area contributed by atoms with Gasteiger partial charge in [0.1, 0.15) is 11.5 Å². The molecule has 5 heteroatoms. The van der Waals surface area contributed by atoms with Crippen molar-refractivity contribution >= 4 is 17.1 Å². The molecule has 0 saturated heterocycles. The average molecular weight is 488 g/mol. The number of rotatable bonds is 6. The summed E-state index contributed by atoms with van der Waals surface area (Å²) in [7, 11) is 3.39. The summed E-state index contributed by atoms with van der Waals surface area (Å²) in [5.74, 6) is 1.68. The van der Waals surface area contributed by atoms with Gasteiger partial charge in [-0.25, -0.2) is 4.68 Å². The summed E-state index contributed by atoms with van der Waals surface area (Å²) in [5.41, 5.74) is 9.91. The highest BCUT2D eigenvalue weighted by atomic mass is 16.5. The van der Waals surface area contributed by atoms with Crippen LogP contribution >= 0.6 is 0 Å². The number of ether oxygens (including phenoxy) is 2. The third-order valence-electron chi connectivity index (χ3n) is 7.11. The summed E-state index contributed by atoms with van der Waals surface area (Å²) in [6, 6.07) is 32.0. The van der Waals surface area contributed by atoms with E-state index in [1.807, 2.05) is 47.4 Å². The number of anilines is 3. The Morgan fingerprint density at radius 2 is 1.22 bits per heavy atom. The number of aromatic nitrogens is 2. The van der Waals surface area contributed by atoms with Crippen LogP contribution in [0.2, 0.25) is 0 Å². The number of fused-ring (bicyclic) bond motifs is 2. The molecule has 184 valence electrons. The van der Waals surface area contributed by atoms with Crippen LogP contribution in [0.3, 0.4) is 0 Å². The number of nitrogens with zero attached hydrogens (tertiary/aromatic N) is 3. The molecular weight excluding hydrogens is 458 g/mol. The molecule has 0 N–H and O–H groups in total. The molecule has 0 amide bonds. The zero-order valence-corrected chi connectivity index (χ0v) is 21.1. The molecule has 1 aliphatic carbocycles. The smallest absolute Gasteiger partial charge is 0.119 e. The molecule has 0 bridgehead atoms. The first-order valence-electron chi connectivity index (χ1n) is 12.5. The first-order valence-corrected chi connectivity index (χ1v) is 12.5. The van der Waals surface area contributed by atoms with Crippen LogP contribution < -0.4 is 14.4 Å². The number of aryl methyl sites for hydroxylation is 2. The Balaban J connectivity index is 1.41. The van der Waals surface area contributed by atoms with Crippen LogP contribution in [-0.2, 0) is 19.3 Å². The molecule has 6 rings (SSSR count). The van der Waals surface area contributed by atoms with Gasteiger partial charge in [0.05, 0.1) is 19.9 Å². The highest BCUT2D eigenvalue weighted by Gasteiger charge is 2.18. The van der Waals surface area contributed by atoms with Crippen LogP contribution in [0.15, 0.2) is 103 Å². The van der Waals surface area contributed by atoms with E-state index in [9.17, 15) is 0 Å². The van der Waals surface area contributed by atoms with E-state index >= 15 is 0 Å². The fraction of sp³-hybridized carbons (Fsp3) is 0.156. The molecule has 1 aromatic heterocycles. The summed E-state index contributed by atoms with van der Waals surface area (Å²) in [5, 5.41) is 4.42. The second kappa shape index (κ2) is 9.86. The Morgan fingerprint density at radius 1 is 0.649 bits per heavy atom. The molecular formula is C32H29N3O2. The van der Waals surface area contributed by atoms with Crippen LogP contribution in [0, 0.1) is 0 Å². The van der Waals surface area contributed by atoms with Gasteiger partial charge < -0.3 is 14.4 Å². The molecule has 0 spiro atoms. The molecule has 1 heterocycles. The van der Waals surface area contributed by atoms with Crippen LogP contribution in [0.5, 0.6) is 11.5 Å². The van der Waals surface area contributed by atoms with Gasteiger partial charge in [0.15, 0.2) is 0 Å². The minimum Gasteiger partial charge on any atom is -0.497 e. The molecule has 0 fully saturated rings. The summed E-state index contributed by atoms with van der Waals surface area (Å²) < 4.78 is 12.7. The van der Waals surface area contributed by atoms with Crippen molar-refractivity contribution in [1.82, 2.24) is 9.78 Å². The van der Waals surface area contributed by atoms with Gasteiger partial charge in [-0.05, 0) is 120 Å². The Morgan fingerprint density at radius 3 is 1.78 bits per heavy atom. The second-order valence-corrected chi connectivity index (χ2v) is 9.26. The molecule has 0 unspecified atom stereocenters. The number of hydrogen-bond acceptors (Lipinski definition) is 4. The Labute approximate surface area is 217 Å². The summed E-state index contributed by atoms with van der Waals surface area (Å²) in [6.07, 6.45) is 6.79. The number of benzene rings is 4. The summed E-state index contributed by atoms with van der Waals surface area (Å²) >= 11 is 0. The zero-order chi connectivity index (χ0) is 25.2. The lowest BCUT2D eigenvalue weighted by molar-refractivity contribution is 0.415. The standard InChI is InChI=1S/C32H29N3O2/c1-36-31-14-10-27(11-15-31)35(28-12-16-32(37-2)17-13-28)30-9-7-24-5-4-23-6-8-29(34-19-3-18-33-34)21-25(23)20-26(24)22-30/h3,6-19,21-22H,4-5,20H2,1-2H3. The molecule has 5 aromatic rings. The summed E-state index contributed by atoms with van der Waals surface area (Å²) in [4.78, 5) is 2.28. The van der Waals surface area contributed by atoms with Gasteiger partial charge >= 0.3 is 0 Å². The molecule has 4 aromatic carbocycles. The molecule has 5 nitrogen and oxygen atoms in total. The lowest BCUT2D eigenvalue weighted by atomic mass is 9.99. The van der Waals surface area contributed by atoms with E-state index in [-0.39, 0.29) is 0 Å². The third kappa shape index (κ3) is 4.56. The van der Waals surface area contributed by atoms with Gasteiger partial charge in [-0.3, -0.25) is 0 Å². The van der Waals surface area contributed by atoms with Gasteiger partial charge in [-0.2, -0.15) is 5.10 Å². The van der Waals surface area contributed by atoms with Gasteiger partial charge in [0, 0.05) is 29.5 Å². The zero-order valence-electron chi connectivity index (χ0n) is 21.1. The fourth-order valence-electron chi connectivity index (χ4n) is 5.13. The van der Waals surface area contributed by atoms with E-state index in [4.69, 9.17) is 9.47 Å². The van der Waals surface area contributed by atoms with E-state index in [0.717, 1.165) is 53.5 Å². The van der Waals surface area contributed by atoms with E-state index in [1.165, 1.54) is 22.3 Å². The number of methoxy groups -OCH3 is 2. The molecule has 0 radical (unpaired) electrons. The lowest BCUT2D eigenvalue weighted by Crippen LogP contribution is -2.11. The lowest BCUT2D eigenvalue weighted by Gasteiger charge is -2.27. The van der Waals surface area contributed by atoms with Crippen molar-refractivity contribution in [3.8, 4) is 17.2 Å². The van der Waals surface area contributed by atoms with Crippen molar-refractivity contribution in [3.05, 3.63) is 126 Å². The first kappa shape index (κ1) is 22.9. The maximum Gasteiger partial charge on any atom is 0.119 e. The minimum absolute atomic E-state index is 0.838. The second-order valence-electron chi connectivity index (χ2n) is 9.26. The monoisotopic (exact) mass is 487 g/mol. The SMILES string of the molecule is COc1ccc(N(c2ccc(OC)cc2)c2ccc3c(c2)Cc2cc(-n4cccn4)ccc2CC3)cc1. The van der Waals surface area contributed by atoms with E-state index in [2.05, 4.69) is 70.7 Å². The average Bonchev–Trinajstić information content (AvgIpc) is 3.43. The number of hydrogen-bond donors (Lipinski definition) is 0. The van der Waals surface area contributed by atoms with Crippen LogP contribution in [0.1, 0.15) is 22.3 Å². The van der Waals surface area contributed by atoms with Crippen molar-refractivity contribution in [2.24, 2.45) is 0 Å². The van der Waals surface area contributed by atoms with Crippen molar-refractivity contribution in [2.45, 2.75) is 19.3 Å². The minimum atomic E-state index is 0.838. The third-order valence-corrected chi connectivity index (χ3v) is 7.11. The Bertz CT molecular complexity index is 1460. The Kier molecular flexibility index (Phi) is 6.11. The van der Waals surface area contributed by atoms with Gasteiger partial charge in [0.2, 0.25) is 0 Å². The van der Waals surface area contributed by atoms with Crippen LogP contribution in [0.4, 0.5) is 17.1 Å². The van der Waals surface area contributed by atoms with Crippen molar-refractivity contribution in [3.63, 3.8) is 0 Å². The molecule has 0 saturated carbocycles. The van der Waals surface area contributed by atoms with E-state index < -0.39 is 0 Å². The van der Waals surface area contributed by atoms with Crippen LogP contribution in [0.25, 0.3) is 5.69 Å². The summed E-state index contributed by atoms with van der Waals surface area (Å²) in [6.45, 7) is 0. The predicted octanol–water partition coefficient (Wildman–Crippen LogP) is 7.05. The van der Waals surface area contributed by atoms with E-state index in [0.29, 0.717) is 0 Å². The maximum atomic E-state index is 5.41. The normalized spacial score (nSPS) is 12.3. The van der Waals surface area contributed by atoms with Gasteiger partial charge in [-0.1, -0.05) is 12.1 Å². The topological polar surface area (TPSA) is 39.5 Å². The molecule has 37 heavy (non-hydrogen) atoms. The molecule has 0 atom stereocenters. The van der Waals surface area contributed by atoms with Gasteiger partial charge in [-0.15, -0.1) is 0 Å². The van der Waals surface area contributed by atoms with Crippen molar-refractivity contribution in [2.75, 3.05) is 19.1 Å². The fourth-order valence-corrected chi connectivity index (χ4v) is 5.13. The highest BCUT2D eigenvalue weighted by molar-refractivity contribution is 5.77. The van der Waals surface area contributed by atoms with E-state index in [1.54, 1.807) is 14.2 Å². The largest absolute Gasteiger partial charge is 0.497 e. The molecule has 1 aliphatic rings. The predicted molar refractivity (Wildman–Crippen MR) is 148 cm³/mol. The highest BCUT2D eigenvalue weighted by Crippen LogP contribution is 2.38. The first-order chi connectivity index (χ1) is 18.2. The maximum absolute atomic E-state index is 5.41. The Hall–Kier alpha value is -4.51. The quantitative estimate of drug-likeness (QED) is 0.257.